The Bertz CT molecular complexity index is 713. The van der Waals surface area contributed by atoms with Crippen molar-refractivity contribution < 1.29 is 4.79 Å². The molecule has 0 aromatic heterocycles. The molecule has 0 fully saturated rings. The summed E-state index contributed by atoms with van der Waals surface area (Å²) in [7, 11) is 0. The lowest BCUT2D eigenvalue weighted by Crippen LogP contribution is -2.34. The van der Waals surface area contributed by atoms with Crippen molar-refractivity contribution in [2.24, 2.45) is 0 Å². The average molecular weight is 354 g/mol. The minimum absolute atomic E-state index is 0.0959. The van der Waals surface area contributed by atoms with Crippen LogP contribution in [0.5, 0.6) is 0 Å². The molecule has 2 aromatic carbocycles. The van der Waals surface area contributed by atoms with Gasteiger partial charge in [-0.25, -0.2) is 0 Å². The van der Waals surface area contributed by atoms with E-state index >= 15 is 0 Å². The van der Waals surface area contributed by atoms with Gasteiger partial charge < -0.3 is 5.32 Å². The average Bonchev–Trinajstić information content (AvgIpc) is 2.66. The number of amides is 1. The second-order valence-electron chi connectivity index (χ2n) is 6.78. The molecule has 1 amide bonds. The molecule has 1 N–H and O–H groups in total. The smallest absolute Gasteiger partial charge is 0.233 e. The third kappa shape index (κ3) is 4.66. The lowest BCUT2D eigenvalue weighted by atomic mass is 9.89. The minimum atomic E-state index is -0.103. The molecule has 0 radical (unpaired) electrons. The standard InChI is InChI=1S/C22H27NOS/c1-3-21(19-14-13-17-9-7-8-10-18(17)15-19)23-22(24)16(2)25-20-11-5-4-6-12-20/h4-6,11-16,21H,3,7-10H2,1-2H3,(H,23,24)/t16-,21-/m0/s1. The minimum Gasteiger partial charge on any atom is -0.348 e. The molecule has 0 heterocycles. The third-order valence-electron chi connectivity index (χ3n) is 4.92. The second-order valence-corrected chi connectivity index (χ2v) is 8.19. The fraction of sp³-hybridized carbons (Fsp3) is 0.409. The maximum atomic E-state index is 12.6. The van der Waals surface area contributed by atoms with Crippen LogP contribution in [0.25, 0.3) is 0 Å². The van der Waals surface area contributed by atoms with Gasteiger partial charge in [0.25, 0.3) is 0 Å². The van der Waals surface area contributed by atoms with Crippen molar-refractivity contribution in [1.29, 1.82) is 0 Å². The Kier molecular flexibility index (Phi) is 6.19. The maximum absolute atomic E-state index is 12.6. The van der Waals surface area contributed by atoms with E-state index in [0.29, 0.717) is 0 Å². The summed E-state index contributed by atoms with van der Waals surface area (Å²) in [5.41, 5.74) is 4.21. The van der Waals surface area contributed by atoms with Gasteiger partial charge in [-0.2, -0.15) is 0 Å². The number of benzene rings is 2. The second kappa shape index (κ2) is 8.57. The van der Waals surface area contributed by atoms with E-state index in [9.17, 15) is 4.79 Å². The monoisotopic (exact) mass is 353 g/mol. The van der Waals surface area contributed by atoms with Crippen LogP contribution in [0, 0.1) is 0 Å². The van der Waals surface area contributed by atoms with Crippen LogP contribution in [0.4, 0.5) is 0 Å². The molecule has 0 bridgehead atoms. The molecule has 0 unspecified atom stereocenters. The molecule has 3 heteroatoms. The van der Waals surface area contributed by atoms with Crippen molar-refractivity contribution in [1.82, 2.24) is 5.32 Å². The third-order valence-corrected chi connectivity index (χ3v) is 6.04. The highest BCUT2D eigenvalue weighted by atomic mass is 32.2. The largest absolute Gasteiger partial charge is 0.348 e. The van der Waals surface area contributed by atoms with Crippen LogP contribution in [-0.4, -0.2) is 11.2 Å². The Morgan fingerprint density at radius 2 is 1.80 bits per heavy atom. The van der Waals surface area contributed by atoms with Crippen LogP contribution in [0.3, 0.4) is 0 Å². The SMILES string of the molecule is CC[C@H](NC(=O)[C@H](C)Sc1ccccc1)c1ccc2c(c1)CCCC2. The van der Waals surface area contributed by atoms with Crippen molar-refractivity contribution in [3.8, 4) is 0 Å². The van der Waals surface area contributed by atoms with Crippen molar-refractivity contribution in [2.45, 2.75) is 62.1 Å². The Hall–Kier alpha value is -1.74. The molecule has 0 saturated heterocycles. The van der Waals surface area contributed by atoms with Gasteiger partial charge in [0.15, 0.2) is 0 Å². The van der Waals surface area contributed by atoms with Gasteiger partial charge in [-0.3, -0.25) is 4.79 Å². The van der Waals surface area contributed by atoms with E-state index in [1.54, 1.807) is 11.8 Å². The van der Waals surface area contributed by atoms with Crippen LogP contribution < -0.4 is 5.32 Å². The summed E-state index contributed by atoms with van der Waals surface area (Å²) in [6.07, 6.45) is 5.86. The summed E-state index contributed by atoms with van der Waals surface area (Å²) in [4.78, 5) is 13.8. The van der Waals surface area contributed by atoms with Crippen molar-refractivity contribution >= 4 is 17.7 Å². The Morgan fingerprint density at radius 1 is 1.08 bits per heavy atom. The number of carbonyl (C=O) groups excluding carboxylic acids is 1. The zero-order valence-electron chi connectivity index (χ0n) is 15.1. The Balaban J connectivity index is 1.66. The Morgan fingerprint density at radius 3 is 2.52 bits per heavy atom. The van der Waals surface area contributed by atoms with E-state index in [1.807, 2.05) is 25.1 Å². The molecule has 132 valence electrons. The zero-order valence-corrected chi connectivity index (χ0v) is 15.9. The number of fused-ring (bicyclic) bond motifs is 1. The zero-order chi connectivity index (χ0) is 17.6. The van der Waals surface area contributed by atoms with Gasteiger partial charge in [0.1, 0.15) is 0 Å². The summed E-state index contributed by atoms with van der Waals surface area (Å²) >= 11 is 1.61. The van der Waals surface area contributed by atoms with Gasteiger partial charge in [-0.1, -0.05) is 43.3 Å². The summed E-state index contributed by atoms with van der Waals surface area (Å²) in [6, 6.07) is 17.0. The first-order valence-corrected chi connectivity index (χ1v) is 10.2. The number of hydrogen-bond donors (Lipinski definition) is 1. The highest BCUT2D eigenvalue weighted by Gasteiger charge is 2.20. The van der Waals surface area contributed by atoms with Crippen LogP contribution >= 0.6 is 11.8 Å². The first-order valence-electron chi connectivity index (χ1n) is 9.31. The quantitative estimate of drug-likeness (QED) is 0.713. The van der Waals surface area contributed by atoms with Crippen LogP contribution in [0.15, 0.2) is 53.4 Å². The molecule has 1 aliphatic carbocycles. The predicted octanol–water partition coefficient (Wildman–Crippen LogP) is 5.31. The van der Waals surface area contributed by atoms with Gasteiger partial charge in [-0.05, 0) is 67.9 Å². The highest BCUT2D eigenvalue weighted by Crippen LogP contribution is 2.27. The summed E-state index contributed by atoms with van der Waals surface area (Å²) in [5, 5.41) is 3.15. The van der Waals surface area contributed by atoms with Crippen LogP contribution in [0.1, 0.15) is 55.8 Å². The van der Waals surface area contributed by atoms with E-state index in [1.165, 1.54) is 42.4 Å². The van der Waals surface area contributed by atoms with E-state index in [2.05, 4.69) is 42.6 Å². The summed E-state index contributed by atoms with van der Waals surface area (Å²) in [5.74, 6) is 0.110. The van der Waals surface area contributed by atoms with Gasteiger partial charge in [0.2, 0.25) is 5.91 Å². The molecule has 2 nitrogen and oxygen atoms in total. The molecule has 0 spiro atoms. The topological polar surface area (TPSA) is 29.1 Å². The number of rotatable bonds is 6. The van der Waals surface area contributed by atoms with Crippen molar-refractivity contribution in [3.05, 3.63) is 65.2 Å². The number of hydrogen-bond acceptors (Lipinski definition) is 2. The van der Waals surface area contributed by atoms with Crippen molar-refractivity contribution in [3.63, 3.8) is 0 Å². The lowest BCUT2D eigenvalue weighted by molar-refractivity contribution is -0.121. The molecular formula is C22H27NOS. The van der Waals surface area contributed by atoms with Crippen molar-refractivity contribution in [2.75, 3.05) is 0 Å². The maximum Gasteiger partial charge on any atom is 0.233 e. The molecule has 0 aliphatic heterocycles. The van der Waals surface area contributed by atoms with E-state index < -0.39 is 0 Å². The molecular weight excluding hydrogens is 326 g/mol. The lowest BCUT2D eigenvalue weighted by Gasteiger charge is -2.23. The normalized spacial score (nSPS) is 15.9. The molecule has 2 atom stereocenters. The highest BCUT2D eigenvalue weighted by molar-refractivity contribution is 8.00. The molecule has 0 saturated carbocycles. The summed E-state index contributed by atoms with van der Waals surface area (Å²) in [6.45, 7) is 4.12. The van der Waals surface area contributed by atoms with Gasteiger partial charge in [-0.15, -0.1) is 11.8 Å². The predicted molar refractivity (Wildman–Crippen MR) is 106 cm³/mol. The number of carbonyl (C=O) groups is 1. The first-order chi connectivity index (χ1) is 12.2. The molecule has 2 aromatic rings. The molecule has 3 rings (SSSR count). The van der Waals surface area contributed by atoms with Crippen LogP contribution in [-0.2, 0) is 17.6 Å². The summed E-state index contributed by atoms with van der Waals surface area (Å²) < 4.78 is 0. The Labute approximate surface area is 155 Å². The van der Waals surface area contributed by atoms with Crippen LogP contribution in [0.2, 0.25) is 0 Å². The van der Waals surface area contributed by atoms with Gasteiger partial charge >= 0.3 is 0 Å². The van der Waals surface area contributed by atoms with Gasteiger partial charge in [0, 0.05) is 4.90 Å². The first kappa shape index (κ1) is 18.1. The van der Waals surface area contributed by atoms with E-state index in [4.69, 9.17) is 0 Å². The number of nitrogens with one attached hydrogen (secondary N) is 1. The van der Waals surface area contributed by atoms with E-state index in [0.717, 1.165) is 11.3 Å². The molecule has 1 aliphatic rings. The fourth-order valence-electron chi connectivity index (χ4n) is 3.44. The number of aryl methyl sites for hydroxylation is 2. The van der Waals surface area contributed by atoms with E-state index in [-0.39, 0.29) is 17.2 Å². The number of thioether (sulfide) groups is 1. The fourth-order valence-corrected chi connectivity index (χ4v) is 4.33. The molecule has 25 heavy (non-hydrogen) atoms. The van der Waals surface area contributed by atoms with Gasteiger partial charge in [0.05, 0.1) is 11.3 Å².